The molecule has 3 N–H and O–H groups in total. The summed E-state index contributed by atoms with van der Waals surface area (Å²) in [5.41, 5.74) is 3.02. The highest BCUT2D eigenvalue weighted by atomic mass is 35.5. The summed E-state index contributed by atoms with van der Waals surface area (Å²) in [6, 6.07) is 15.7. The van der Waals surface area contributed by atoms with Crippen LogP contribution in [0.1, 0.15) is 41.3 Å². The predicted molar refractivity (Wildman–Crippen MR) is 128 cm³/mol. The van der Waals surface area contributed by atoms with Gasteiger partial charge >= 0.3 is 0 Å². The van der Waals surface area contributed by atoms with Crippen LogP contribution in [0.25, 0.3) is 0 Å². The van der Waals surface area contributed by atoms with E-state index in [2.05, 4.69) is 50.1 Å². The molecule has 1 fully saturated rings. The van der Waals surface area contributed by atoms with Crippen molar-refractivity contribution in [2.75, 3.05) is 32.7 Å². The molecule has 1 heterocycles. The van der Waals surface area contributed by atoms with Crippen LogP contribution in [-0.4, -0.2) is 49.5 Å². The van der Waals surface area contributed by atoms with Crippen molar-refractivity contribution >= 4 is 23.5 Å². The van der Waals surface area contributed by atoms with E-state index >= 15 is 0 Å². The molecule has 0 bridgehead atoms. The SMILES string of the molecule is CCNC(=NCc1ccc(CN2CCCC2)cc1)NCCNC(=O)c1ccccc1Cl. The van der Waals surface area contributed by atoms with Gasteiger partial charge in [-0.2, -0.15) is 0 Å². The molecule has 0 saturated carbocycles. The maximum atomic E-state index is 12.2. The quantitative estimate of drug-likeness (QED) is 0.317. The van der Waals surface area contributed by atoms with E-state index < -0.39 is 0 Å². The number of carbonyl (C=O) groups is 1. The first-order valence-electron chi connectivity index (χ1n) is 11.0. The van der Waals surface area contributed by atoms with Crippen LogP contribution in [-0.2, 0) is 13.1 Å². The summed E-state index contributed by atoms with van der Waals surface area (Å²) >= 11 is 6.07. The Morgan fingerprint density at radius 1 is 0.968 bits per heavy atom. The Morgan fingerprint density at radius 2 is 1.65 bits per heavy atom. The van der Waals surface area contributed by atoms with Crippen molar-refractivity contribution in [3.05, 3.63) is 70.2 Å². The molecule has 0 radical (unpaired) electrons. The second-order valence-corrected chi connectivity index (χ2v) is 8.06. The molecule has 1 aliphatic heterocycles. The van der Waals surface area contributed by atoms with Gasteiger partial charge in [-0.3, -0.25) is 9.69 Å². The molecule has 166 valence electrons. The van der Waals surface area contributed by atoms with Gasteiger partial charge in [0, 0.05) is 26.2 Å². The zero-order valence-corrected chi connectivity index (χ0v) is 18.9. The number of hydrogen-bond donors (Lipinski definition) is 3. The molecule has 1 aliphatic rings. The van der Waals surface area contributed by atoms with Crippen molar-refractivity contribution in [3.63, 3.8) is 0 Å². The maximum absolute atomic E-state index is 12.2. The van der Waals surface area contributed by atoms with E-state index in [-0.39, 0.29) is 5.91 Å². The van der Waals surface area contributed by atoms with Gasteiger partial charge in [0.05, 0.1) is 17.1 Å². The standard InChI is InChI=1S/C24H32ClN5O/c1-2-26-24(28-14-13-27-23(31)21-7-3-4-8-22(21)25)29-17-19-9-11-20(12-10-19)18-30-15-5-6-16-30/h3-4,7-12H,2,5-6,13-18H2,1H3,(H,27,31)(H2,26,28,29). The molecule has 1 saturated heterocycles. The number of likely N-dealkylation sites (tertiary alicyclic amines) is 1. The molecule has 6 nitrogen and oxygen atoms in total. The number of aliphatic imine (C=N–C) groups is 1. The van der Waals surface area contributed by atoms with Crippen molar-refractivity contribution in [1.82, 2.24) is 20.9 Å². The van der Waals surface area contributed by atoms with Crippen LogP contribution < -0.4 is 16.0 Å². The molecular weight excluding hydrogens is 410 g/mol. The predicted octanol–water partition coefficient (Wildman–Crippen LogP) is 3.42. The summed E-state index contributed by atoms with van der Waals surface area (Å²) in [5, 5.41) is 9.82. The molecule has 0 atom stereocenters. The fourth-order valence-corrected chi connectivity index (χ4v) is 3.78. The molecule has 0 aliphatic carbocycles. The lowest BCUT2D eigenvalue weighted by atomic mass is 10.1. The van der Waals surface area contributed by atoms with E-state index in [0.29, 0.717) is 30.2 Å². The van der Waals surface area contributed by atoms with Crippen molar-refractivity contribution in [3.8, 4) is 0 Å². The lowest BCUT2D eigenvalue weighted by Crippen LogP contribution is -2.41. The number of benzene rings is 2. The molecule has 0 spiro atoms. The third kappa shape index (κ3) is 7.56. The normalized spacial score (nSPS) is 14.5. The van der Waals surface area contributed by atoms with E-state index in [1.807, 2.05) is 6.92 Å². The Labute approximate surface area is 190 Å². The average molecular weight is 442 g/mol. The first-order chi connectivity index (χ1) is 15.2. The van der Waals surface area contributed by atoms with E-state index in [1.54, 1.807) is 24.3 Å². The molecule has 2 aromatic rings. The van der Waals surface area contributed by atoms with E-state index in [9.17, 15) is 4.79 Å². The van der Waals surface area contributed by atoms with Gasteiger partial charge in [-0.1, -0.05) is 48.0 Å². The number of halogens is 1. The second kappa shape index (κ2) is 12.3. The van der Waals surface area contributed by atoms with Crippen molar-refractivity contribution in [1.29, 1.82) is 0 Å². The van der Waals surface area contributed by atoms with Gasteiger partial charge in [-0.05, 0) is 56.1 Å². The minimum absolute atomic E-state index is 0.177. The molecule has 31 heavy (non-hydrogen) atoms. The highest BCUT2D eigenvalue weighted by Crippen LogP contribution is 2.15. The van der Waals surface area contributed by atoms with Gasteiger partial charge in [0.25, 0.3) is 5.91 Å². The third-order valence-electron chi connectivity index (χ3n) is 5.21. The first kappa shape index (κ1) is 23.1. The van der Waals surface area contributed by atoms with E-state index in [0.717, 1.165) is 19.0 Å². The molecule has 0 aromatic heterocycles. The summed E-state index contributed by atoms with van der Waals surface area (Å²) in [5.74, 6) is 0.555. The number of nitrogens with one attached hydrogen (secondary N) is 3. The molecule has 2 aromatic carbocycles. The molecule has 7 heteroatoms. The van der Waals surface area contributed by atoms with Crippen LogP contribution in [0, 0.1) is 0 Å². The van der Waals surface area contributed by atoms with Crippen molar-refractivity contribution in [2.45, 2.75) is 32.9 Å². The van der Waals surface area contributed by atoms with Crippen molar-refractivity contribution in [2.24, 2.45) is 4.99 Å². The van der Waals surface area contributed by atoms with E-state index in [1.165, 1.54) is 37.1 Å². The Hall–Kier alpha value is -2.57. The van der Waals surface area contributed by atoms with Gasteiger partial charge in [-0.25, -0.2) is 4.99 Å². The number of rotatable bonds is 9. The van der Waals surface area contributed by atoms with Crippen LogP contribution in [0.4, 0.5) is 0 Å². The average Bonchev–Trinajstić information content (AvgIpc) is 3.29. The van der Waals surface area contributed by atoms with E-state index in [4.69, 9.17) is 11.6 Å². The maximum Gasteiger partial charge on any atom is 0.252 e. The summed E-state index contributed by atoms with van der Waals surface area (Å²) in [7, 11) is 0. The number of carbonyl (C=O) groups excluding carboxylic acids is 1. The first-order valence-corrected chi connectivity index (χ1v) is 11.4. The summed E-state index contributed by atoms with van der Waals surface area (Å²) in [6.45, 7) is 7.90. The third-order valence-corrected chi connectivity index (χ3v) is 5.54. The summed E-state index contributed by atoms with van der Waals surface area (Å²) in [4.78, 5) is 19.4. The number of nitrogens with zero attached hydrogens (tertiary/aromatic N) is 2. The zero-order chi connectivity index (χ0) is 21.9. The highest BCUT2D eigenvalue weighted by Gasteiger charge is 2.11. The van der Waals surface area contributed by atoms with Crippen LogP contribution >= 0.6 is 11.6 Å². The van der Waals surface area contributed by atoms with Crippen LogP contribution in [0.5, 0.6) is 0 Å². The summed E-state index contributed by atoms with van der Waals surface area (Å²) in [6.07, 6.45) is 2.63. The number of guanidine groups is 1. The minimum atomic E-state index is -0.177. The monoisotopic (exact) mass is 441 g/mol. The zero-order valence-electron chi connectivity index (χ0n) is 18.2. The largest absolute Gasteiger partial charge is 0.357 e. The number of hydrogen-bond acceptors (Lipinski definition) is 3. The molecule has 0 unspecified atom stereocenters. The lowest BCUT2D eigenvalue weighted by Gasteiger charge is -2.14. The Kier molecular flexibility index (Phi) is 9.18. The van der Waals surface area contributed by atoms with Gasteiger partial charge < -0.3 is 16.0 Å². The lowest BCUT2D eigenvalue weighted by molar-refractivity contribution is 0.0954. The minimum Gasteiger partial charge on any atom is -0.357 e. The van der Waals surface area contributed by atoms with Gasteiger partial charge in [0.1, 0.15) is 0 Å². The van der Waals surface area contributed by atoms with Crippen LogP contribution in [0.2, 0.25) is 5.02 Å². The molecule has 1 amide bonds. The van der Waals surface area contributed by atoms with Gasteiger partial charge in [0.15, 0.2) is 5.96 Å². The highest BCUT2D eigenvalue weighted by molar-refractivity contribution is 6.33. The second-order valence-electron chi connectivity index (χ2n) is 7.66. The Morgan fingerprint density at radius 3 is 2.35 bits per heavy atom. The fourth-order valence-electron chi connectivity index (χ4n) is 3.56. The van der Waals surface area contributed by atoms with Crippen molar-refractivity contribution < 1.29 is 4.79 Å². The smallest absolute Gasteiger partial charge is 0.252 e. The summed E-state index contributed by atoms with van der Waals surface area (Å²) < 4.78 is 0. The topological polar surface area (TPSA) is 68.8 Å². The van der Waals surface area contributed by atoms with Crippen LogP contribution in [0.15, 0.2) is 53.5 Å². The molecule has 3 rings (SSSR count). The van der Waals surface area contributed by atoms with Gasteiger partial charge in [0.2, 0.25) is 0 Å². The molecular formula is C24H32ClN5O. The van der Waals surface area contributed by atoms with Crippen LogP contribution in [0.3, 0.4) is 0 Å². The van der Waals surface area contributed by atoms with Gasteiger partial charge in [-0.15, -0.1) is 0 Å². The Bertz CT molecular complexity index is 863. The fraction of sp³-hybridized carbons (Fsp3) is 0.417. The Balaban J connectivity index is 1.44. The number of amides is 1.